The Labute approximate surface area is 213 Å². The number of hydrogen-bond donors (Lipinski definition) is 3. The van der Waals surface area contributed by atoms with Crippen LogP contribution in [0.3, 0.4) is 0 Å². The summed E-state index contributed by atoms with van der Waals surface area (Å²) in [5, 5.41) is 30.8. The minimum absolute atomic E-state index is 0.00264. The molecule has 4 rings (SSSR count). The number of aliphatic hydroxyl groups is 1. The zero-order chi connectivity index (χ0) is 25.6. The molecule has 0 radical (unpaired) electrons. The first-order chi connectivity index (χ1) is 16.6. The summed E-state index contributed by atoms with van der Waals surface area (Å²) in [5.41, 5.74) is 0.000304. The standard InChI is InChI=1S/C28H42O6S/c1-4-5-6-13-35-28(25(33)34)16-18-14-19(30)15-22(24(31)32)27(18,3)21-9-11-26(2)17(10-12-29)7-8-20(26)23(21)28/h14,17,20-23,29H,4-13,15-16H2,1-3H3,(H,31,32)(H,33,34)/t17-,20+,21+,22?,23+,26-,27+,28?/m1/s1. The Balaban J connectivity index is 1.85. The Morgan fingerprint density at radius 1 is 1.11 bits per heavy atom. The van der Waals surface area contributed by atoms with Gasteiger partial charge in [0, 0.05) is 18.4 Å². The molecule has 3 saturated carbocycles. The highest BCUT2D eigenvalue weighted by molar-refractivity contribution is 8.01. The Morgan fingerprint density at radius 3 is 2.49 bits per heavy atom. The number of rotatable bonds is 9. The predicted octanol–water partition coefficient (Wildman–Crippen LogP) is 5.18. The number of carbonyl (C=O) groups is 3. The summed E-state index contributed by atoms with van der Waals surface area (Å²) in [4.78, 5) is 38.4. The van der Waals surface area contributed by atoms with E-state index < -0.39 is 28.0 Å². The van der Waals surface area contributed by atoms with E-state index in [1.807, 2.05) is 6.92 Å². The Hall–Kier alpha value is -1.34. The molecule has 2 unspecified atom stereocenters. The lowest BCUT2D eigenvalue weighted by atomic mass is 9.42. The minimum atomic E-state index is -1.05. The maximum Gasteiger partial charge on any atom is 0.320 e. The van der Waals surface area contributed by atoms with E-state index >= 15 is 0 Å². The third-order valence-electron chi connectivity index (χ3n) is 10.6. The largest absolute Gasteiger partial charge is 0.481 e. The quantitative estimate of drug-likeness (QED) is 0.369. The number of ketones is 1. The number of fused-ring (bicyclic) bond motifs is 5. The molecule has 0 heterocycles. The highest BCUT2D eigenvalue weighted by Gasteiger charge is 2.69. The van der Waals surface area contributed by atoms with Gasteiger partial charge in [-0.2, -0.15) is 0 Å². The minimum Gasteiger partial charge on any atom is -0.481 e. The van der Waals surface area contributed by atoms with E-state index in [1.54, 1.807) is 17.8 Å². The number of carbonyl (C=O) groups excluding carboxylic acids is 1. The third kappa shape index (κ3) is 4.09. The zero-order valence-corrected chi connectivity index (χ0v) is 22.2. The lowest BCUT2D eigenvalue weighted by molar-refractivity contribution is -0.161. The highest BCUT2D eigenvalue weighted by Crippen LogP contribution is 2.71. The molecule has 35 heavy (non-hydrogen) atoms. The SMILES string of the molecule is CCCCCSC1(C(=O)O)CC2=CC(=O)CC(C(=O)O)[C@]2(C)[C@H]2CC[C@]3(C)[C@@H](CCO)CC[C@H]3[C@@H]21. The second-order valence-electron chi connectivity index (χ2n) is 12.0. The lowest BCUT2D eigenvalue weighted by Crippen LogP contribution is -2.64. The van der Waals surface area contributed by atoms with E-state index in [1.165, 1.54) is 0 Å². The van der Waals surface area contributed by atoms with Gasteiger partial charge < -0.3 is 15.3 Å². The van der Waals surface area contributed by atoms with Gasteiger partial charge >= 0.3 is 11.9 Å². The van der Waals surface area contributed by atoms with Crippen molar-refractivity contribution in [2.75, 3.05) is 12.4 Å². The molecule has 196 valence electrons. The molecule has 0 aromatic carbocycles. The van der Waals surface area contributed by atoms with Crippen LogP contribution in [0.2, 0.25) is 0 Å². The van der Waals surface area contributed by atoms with Crippen LogP contribution >= 0.6 is 11.8 Å². The van der Waals surface area contributed by atoms with Gasteiger partial charge in [0.15, 0.2) is 5.78 Å². The van der Waals surface area contributed by atoms with E-state index in [2.05, 4.69) is 13.8 Å². The van der Waals surface area contributed by atoms with Gasteiger partial charge in [-0.05, 0) is 85.9 Å². The molecule has 0 aromatic rings. The molecule has 6 nitrogen and oxygen atoms in total. The average molecular weight is 507 g/mol. The fourth-order valence-corrected chi connectivity index (χ4v) is 10.4. The molecule has 3 fully saturated rings. The van der Waals surface area contributed by atoms with E-state index in [9.17, 15) is 29.7 Å². The van der Waals surface area contributed by atoms with Crippen molar-refractivity contribution in [2.45, 2.75) is 89.7 Å². The molecule has 0 spiro atoms. The number of hydrogen-bond acceptors (Lipinski definition) is 5. The number of thioether (sulfide) groups is 1. The number of carboxylic acid groups (broad SMARTS) is 2. The van der Waals surface area contributed by atoms with E-state index in [4.69, 9.17) is 0 Å². The summed E-state index contributed by atoms with van der Waals surface area (Å²) in [7, 11) is 0. The van der Waals surface area contributed by atoms with Crippen molar-refractivity contribution < 1.29 is 29.7 Å². The molecule has 4 aliphatic rings. The first-order valence-corrected chi connectivity index (χ1v) is 14.5. The third-order valence-corrected chi connectivity index (χ3v) is 12.2. The van der Waals surface area contributed by atoms with Crippen LogP contribution in [0.25, 0.3) is 0 Å². The summed E-state index contributed by atoms with van der Waals surface area (Å²) in [6.07, 6.45) is 9.28. The molecule has 7 heteroatoms. The van der Waals surface area contributed by atoms with Crippen LogP contribution in [0.1, 0.15) is 85.0 Å². The monoisotopic (exact) mass is 506 g/mol. The fraction of sp³-hybridized carbons (Fsp3) is 0.821. The lowest BCUT2D eigenvalue weighted by Gasteiger charge is -2.64. The van der Waals surface area contributed by atoms with Crippen LogP contribution in [0, 0.1) is 40.4 Å². The first kappa shape index (κ1) is 26.7. The topological polar surface area (TPSA) is 112 Å². The summed E-state index contributed by atoms with van der Waals surface area (Å²) >= 11 is 1.56. The molecule has 0 bridgehead atoms. The first-order valence-electron chi connectivity index (χ1n) is 13.5. The fourth-order valence-electron chi connectivity index (χ4n) is 8.76. The molecule has 0 amide bonds. The van der Waals surface area contributed by atoms with Gasteiger partial charge in [-0.25, -0.2) is 0 Å². The maximum atomic E-state index is 13.3. The van der Waals surface area contributed by atoms with Crippen LogP contribution in [0.4, 0.5) is 0 Å². The normalized spacial score (nSPS) is 42.6. The van der Waals surface area contributed by atoms with Crippen molar-refractivity contribution in [2.24, 2.45) is 40.4 Å². The number of carboxylic acids is 2. The number of aliphatic carboxylic acids is 2. The van der Waals surface area contributed by atoms with Gasteiger partial charge in [0.25, 0.3) is 0 Å². The maximum absolute atomic E-state index is 13.3. The number of allylic oxidation sites excluding steroid dienone is 1. The van der Waals surface area contributed by atoms with Crippen molar-refractivity contribution in [3.63, 3.8) is 0 Å². The second kappa shape index (κ2) is 9.85. The summed E-state index contributed by atoms with van der Waals surface area (Å²) in [6.45, 7) is 6.59. The Kier molecular flexibility index (Phi) is 7.52. The van der Waals surface area contributed by atoms with Crippen LogP contribution < -0.4 is 0 Å². The van der Waals surface area contributed by atoms with Gasteiger partial charge in [-0.15, -0.1) is 11.8 Å². The van der Waals surface area contributed by atoms with Crippen molar-refractivity contribution in [3.05, 3.63) is 11.6 Å². The van der Waals surface area contributed by atoms with Crippen molar-refractivity contribution in [1.29, 1.82) is 0 Å². The average Bonchev–Trinajstić information content (AvgIpc) is 3.13. The van der Waals surface area contributed by atoms with E-state index in [0.29, 0.717) is 5.92 Å². The van der Waals surface area contributed by atoms with Gasteiger partial charge in [0.2, 0.25) is 0 Å². The van der Waals surface area contributed by atoms with Gasteiger partial charge in [0.1, 0.15) is 4.75 Å². The molecule has 8 atom stereocenters. The predicted molar refractivity (Wildman–Crippen MR) is 136 cm³/mol. The van der Waals surface area contributed by atoms with Crippen LogP contribution in [0.5, 0.6) is 0 Å². The Bertz CT molecular complexity index is 900. The van der Waals surface area contributed by atoms with E-state index in [-0.39, 0.29) is 48.4 Å². The molecular weight excluding hydrogens is 464 g/mol. The molecular formula is C28H42O6S. The number of unbranched alkanes of at least 4 members (excludes halogenated alkanes) is 2. The van der Waals surface area contributed by atoms with Crippen LogP contribution in [0.15, 0.2) is 11.6 Å². The van der Waals surface area contributed by atoms with Gasteiger partial charge in [0.05, 0.1) is 5.92 Å². The van der Waals surface area contributed by atoms with Crippen molar-refractivity contribution in [3.8, 4) is 0 Å². The summed E-state index contributed by atoms with van der Waals surface area (Å²) in [6, 6.07) is 0. The second-order valence-corrected chi connectivity index (χ2v) is 13.4. The van der Waals surface area contributed by atoms with E-state index in [0.717, 1.165) is 62.7 Å². The van der Waals surface area contributed by atoms with Crippen molar-refractivity contribution >= 4 is 29.5 Å². The van der Waals surface area contributed by atoms with Crippen molar-refractivity contribution in [1.82, 2.24) is 0 Å². The highest BCUT2D eigenvalue weighted by atomic mass is 32.2. The summed E-state index contributed by atoms with van der Waals surface area (Å²) < 4.78 is -1.05. The molecule has 4 aliphatic carbocycles. The van der Waals surface area contributed by atoms with Gasteiger partial charge in [-0.3, -0.25) is 14.4 Å². The smallest absolute Gasteiger partial charge is 0.320 e. The number of aliphatic hydroxyl groups excluding tert-OH is 1. The van der Waals surface area contributed by atoms with Gasteiger partial charge in [-0.1, -0.05) is 39.2 Å². The van der Waals surface area contributed by atoms with Crippen LogP contribution in [-0.2, 0) is 14.4 Å². The molecule has 0 saturated heterocycles. The molecule has 3 N–H and O–H groups in total. The molecule has 0 aliphatic heterocycles. The van der Waals surface area contributed by atoms with Crippen LogP contribution in [-0.4, -0.2) is 50.1 Å². The zero-order valence-electron chi connectivity index (χ0n) is 21.4. The summed E-state index contributed by atoms with van der Waals surface area (Å²) in [5.74, 6) is -1.68. The Morgan fingerprint density at radius 2 is 1.86 bits per heavy atom. The molecule has 0 aromatic heterocycles.